The van der Waals surface area contributed by atoms with Gasteiger partial charge in [0.15, 0.2) is 0 Å². The third-order valence-electron chi connectivity index (χ3n) is 2.69. The molecule has 1 aromatic rings. The molecule has 104 valence electrons. The van der Waals surface area contributed by atoms with Crippen LogP contribution in [0.15, 0.2) is 18.2 Å². The van der Waals surface area contributed by atoms with E-state index in [9.17, 15) is 14.0 Å². The lowest BCUT2D eigenvalue weighted by Crippen LogP contribution is -2.39. The Hall–Kier alpha value is -2.11. The summed E-state index contributed by atoms with van der Waals surface area (Å²) in [5.41, 5.74) is -1.26. The molecule has 19 heavy (non-hydrogen) atoms. The lowest BCUT2D eigenvalue weighted by atomic mass is 9.94. The first-order chi connectivity index (χ1) is 8.77. The second-order valence-corrected chi connectivity index (χ2v) is 4.72. The van der Waals surface area contributed by atoms with E-state index >= 15 is 0 Å². The van der Waals surface area contributed by atoms with Crippen molar-refractivity contribution in [3.63, 3.8) is 0 Å². The van der Waals surface area contributed by atoms with Crippen molar-refractivity contribution in [1.29, 1.82) is 0 Å². The van der Waals surface area contributed by atoms with E-state index in [-0.39, 0.29) is 12.1 Å². The molecule has 0 heterocycles. The monoisotopic (exact) mass is 269 g/mol. The lowest BCUT2D eigenvalue weighted by Gasteiger charge is -2.19. The van der Waals surface area contributed by atoms with Gasteiger partial charge in [0.2, 0.25) is 0 Å². The average Bonchev–Trinajstić information content (AvgIpc) is 2.35. The summed E-state index contributed by atoms with van der Waals surface area (Å²) in [5.74, 6) is -2.11. The van der Waals surface area contributed by atoms with Gasteiger partial charge < -0.3 is 15.2 Å². The fourth-order valence-electron chi connectivity index (χ4n) is 1.28. The highest BCUT2D eigenvalue weighted by Gasteiger charge is 2.28. The Kier molecular flexibility index (Phi) is 4.47. The highest BCUT2D eigenvalue weighted by Crippen LogP contribution is 2.17. The zero-order chi connectivity index (χ0) is 14.6. The Bertz CT molecular complexity index is 499. The van der Waals surface area contributed by atoms with Crippen molar-refractivity contribution in [2.24, 2.45) is 5.41 Å². The van der Waals surface area contributed by atoms with Crippen molar-refractivity contribution in [1.82, 2.24) is 5.32 Å². The second-order valence-electron chi connectivity index (χ2n) is 4.72. The molecule has 5 nitrogen and oxygen atoms in total. The fourth-order valence-corrected chi connectivity index (χ4v) is 1.28. The van der Waals surface area contributed by atoms with E-state index < -0.39 is 23.1 Å². The average molecular weight is 269 g/mol. The molecule has 2 N–H and O–H groups in total. The molecule has 0 saturated carbocycles. The number of carboxylic acid groups (broad SMARTS) is 1. The van der Waals surface area contributed by atoms with Crippen LogP contribution in [-0.4, -0.2) is 30.6 Å². The van der Waals surface area contributed by atoms with Gasteiger partial charge in [0.05, 0.1) is 18.1 Å². The van der Waals surface area contributed by atoms with E-state index in [1.807, 2.05) is 0 Å². The first kappa shape index (κ1) is 14.9. The molecule has 0 atom stereocenters. The van der Waals surface area contributed by atoms with E-state index in [2.05, 4.69) is 5.32 Å². The van der Waals surface area contributed by atoms with Crippen molar-refractivity contribution in [2.75, 3.05) is 13.7 Å². The number of carbonyl (C=O) groups excluding carboxylic acids is 1. The number of amides is 1. The number of halogens is 1. The minimum absolute atomic E-state index is 0.0906. The Morgan fingerprint density at radius 2 is 2.05 bits per heavy atom. The Morgan fingerprint density at radius 1 is 1.42 bits per heavy atom. The summed E-state index contributed by atoms with van der Waals surface area (Å²) in [6.45, 7) is 2.85. The number of methoxy groups -OCH3 is 1. The molecule has 6 heteroatoms. The standard InChI is InChI=1S/C13H16FNO4/c1-13(2,12(17)18)7-15-11(16)9-5-4-8(19-3)6-10(9)14/h4-6H,7H2,1-3H3,(H,15,16)(H,17,18). The molecule has 0 spiro atoms. The van der Waals surface area contributed by atoms with E-state index in [0.29, 0.717) is 5.75 Å². The molecule has 0 aromatic heterocycles. The van der Waals surface area contributed by atoms with Crippen LogP contribution >= 0.6 is 0 Å². The number of carbonyl (C=O) groups is 2. The number of nitrogens with one attached hydrogen (secondary N) is 1. The summed E-state index contributed by atoms with van der Waals surface area (Å²) in [5, 5.41) is 11.3. The summed E-state index contributed by atoms with van der Waals surface area (Å²) in [4.78, 5) is 22.6. The molecule has 1 rings (SSSR count). The van der Waals surface area contributed by atoms with E-state index in [1.165, 1.54) is 33.1 Å². The van der Waals surface area contributed by atoms with E-state index in [1.54, 1.807) is 0 Å². The Morgan fingerprint density at radius 3 is 2.53 bits per heavy atom. The van der Waals surface area contributed by atoms with Crippen LogP contribution < -0.4 is 10.1 Å². The first-order valence-electron chi connectivity index (χ1n) is 5.63. The lowest BCUT2D eigenvalue weighted by molar-refractivity contribution is -0.146. The van der Waals surface area contributed by atoms with Crippen molar-refractivity contribution >= 4 is 11.9 Å². The zero-order valence-corrected chi connectivity index (χ0v) is 11.0. The van der Waals surface area contributed by atoms with Gasteiger partial charge in [0.25, 0.3) is 5.91 Å². The van der Waals surface area contributed by atoms with Crippen LogP contribution in [0.2, 0.25) is 0 Å². The summed E-state index contributed by atoms with van der Waals surface area (Å²) >= 11 is 0. The first-order valence-corrected chi connectivity index (χ1v) is 5.63. The van der Waals surface area contributed by atoms with Gasteiger partial charge in [-0.05, 0) is 26.0 Å². The molecule has 1 amide bonds. The van der Waals surface area contributed by atoms with Crippen LogP contribution in [-0.2, 0) is 4.79 Å². The van der Waals surface area contributed by atoms with Crippen LogP contribution in [0.5, 0.6) is 5.75 Å². The van der Waals surface area contributed by atoms with Gasteiger partial charge in [0.1, 0.15) is 11.6 Å². The number of aliphatic carboxylic acids is 1. The minimum Gasteiger partial charge on any atom is -0.497 e. The maximum absolute atomic E-state index is 13.6. The number of rotatable bonds is 5. The molecular weight excluding hydrogens is 253 g/mol. The SMILES string of the molecule is COc1ccc(C(=O)NCC(C)(C)C(=O)O)c(F)c1. The van der Waals surface area contributed by atoms with Crippen molar-refractivity contribution in [3.8, 4) is 5.75 Å². The number of hydrogen-bond acceptors (Lipinski definition) is 3. The molecule has 0 aliphatic heterocycles. The molecule has 1 aromatic carbocycles. The minimum atomic E-state index is -1.11. The van der Waals surface area contributed by atoms with Crippen molar-refractivity contribution in [3.05, 3.63) is 29.6 Å². The van der Waals surface area contributed by atoms with Crippen LogP contribution in [0.4, 0.5) is 4.39 Å². The fraction of sp³-hybridized carbons (Fsp3) is 0.385. The topological polar surface area (TPSA) is 75.6 Å². The van der Waals surface area contributed by atoms with Crippen molar-refractivity contribution in [2.45, 2.75) is 13.8 Å². The Labute approximate surface area is 110 Å². The third-order valence-corrected chi connectivity index (χ3v) is 2.69. The predicted octanol–water partition coefficient (Wildman–Crippen LogP) is 1.67. The molecule has 0 radical (unpaired) electrons. The summed E-state index contributed by atoms with van der Waals surface area (Å²) in [6, 6.07) is 3.84. The maximum atomic E-state index is 13.6. The Balaban J connectivity index is 2.77. The van der Waals surface area contributed by atoms with Gasteiger partial charge in [-0.25, -0.2) is 4.39 Å². The van der Waals surface area contributed by atoms with Gasteiger partial charge in [0, 0.05) is 12.6 Å². The van der Waals surface area contributed by atoms with Crippen LogP contribution in [0.1, 0.15) is 24.2 Å². The number of hydrogen-bond donors (Lipinski definition) is 2. The predicted molar refractivity (Wildman–Crippen MR) is 66.7 cm³/mol. The number of ether oxygens (including phenoxy) is 1. The molecule has 0 saturated heterocycles. The largest absolute Gasteiger partial charge is 0.497 e. The summed E-state index contributed by atoms with van der Waals surface area (Å²) < 4.78 is 18.4. The highest BCUT2D eigenvalue weighted by molar-refractivity contribution is 5.94. The van der Waals surface area contributed by atoms with Crippen LogP contribution in [0.3, 0.4) is 0 Å². The van der Waals surface area contributed by atoms with Gasteiger partial charge in [-0.2, -0.15) is 0 Å². The normalized spacial score (nSPS) is 10.9. The summed E-state index contributed by atoms with van der Waals surface area (Å²) in [6.07, 6.45) is 0. The van der Waals surface area contributed by atoms with Crippen LogP contribution in [0, 0.1) is 11.2 Å². The molecular formula is C13H16FNO4. The quantitative estimate of drug-likeness (QED) is 0.852. The maximum Gasteiger partial charge on any atom is 0.310 e. The highest BCUT2D eigenvalue weighted by atomic mass is 19.1. The number of carboxylic acids is 1. The van der Waals surface area contributed by atoms with Crippen LogP contribution in [0.25, 0.3) is 0 Å². The molecule has 0 unspecified atom stereocenters. The zero-order valence-electron chi connectivity index (χ0n) is 11.0. The van der Waals surface area contributed by atoms with Gasteiger partial charge >= 0.3 is 5.97 Å². The van der Waals surface area contributed by atoms with Crippen molar-refractivity contribution < 1.29 is 23.8 Å². The second kappa shape index (κ2) is 5.69. The number of benzene rings is 1. The molecule has 0 aliphatic carbocycles. The van der Waals surface area contributed by atoms with Gasteiger partial charge in [-0.15, -0.1) is 0 Å². The molecule has 0 bridgehead atoms. The summed E-state index contributed by atoms with van der Waals surface area (Å²) in [7, 11) is 1.39. The smallest absolute Gasteiger partial charge is 0.310 e. The van der Waals surface area contributed by atoms with Gasteiger partial charge in [-0.3, -0.25) is 9.59 Å². The van der Waals surface area contributed by atoms with Gasteiger partial charge in [-0.1, -0.05) is 0 Å². The third kappa shape index (κ3) is 3.67. The molecule has 0 aliphatic rings. The van der Waals surface area contributed by atoms with E-state index in [4.69, 9.17) is 9.84 Å². The van der Waals surface area contributed by atoms with E-state index in [0.717, 1.165) is 6.07 Å². The molecule has 0 fully saturated rings.